The molecule has 0 atom stereocenters. The predicted molar refractivity (Wildman–Crippen MR) is 303 cm³/mol. The third-order valence-corrected chi connectivity index (χ3v) is 15.7. The Hall–Kier alpha value is -9.18. The zero-order valence-corrected chi connectivity index (χ0v) is 40.7. The van der Waals surface area contributed by atoms with Gasteiger partial charge in [-0.3, -0.25) is 0 Å². The van der Waals surface area contributed by atoms with Gasteiger partial charge in [0.05, 0.1) is 11.1 Å². The van der Waals surface area contributed by atoms with Crippen molar-refractivity contribution in [3.8, 4) is 33.4 Å². The standard InChI is InChI=1S/C70H50N2O/c1-69(2)62-34-14-9-32-58(62)61-45-53(40-42-63(61)69)71(50-26-19-25-49(43-50)70(48-23-7-4-8-24-48)64-35-15-10-30-56(64)57-31-11-16-36-65(57)70)51-27-20-28-52(44-51)72(66-37-17-12-29-55(66)47-21-5-3-6-22-47)54-39-41-60-59-33-13-18-38-67(59)73-68(60)46-54/h3-46H,1-2H3. The number of anilines is 6. The van der Waals surface area contributed by atoms with E-state index in [0.717, 1.165) is 67.2 Å². The lowest BCUT2D eigenvalue weighted by Gasteiger charge is -2.35. The van der Waals surface area contributed by atoms with Crippen molar-refractivity contribution in [3.05, 3.63) is 300 Å². The average Bonchev–Trinajstić information content (AvgIpc) is 4.05. The smallest absolute Gasteiger partial charge is 0.137 e. The lowest BCUT2D eigenvalue weighted by molar-refractivity contribution is 0.660. The number of hydrogen-bond acceptors (Lipinski definition) is 3. The number of benzene rings is 11. The van der Waals surface area contributed by atoms with Crippen LogP contribution in [0.1, 0.15) is 47.2 Å². The first-order valence-electron chi connectivity index (χ1n) is 25.3. The van der Waals surface area contributed by atoms with E-state index in [0.29, 0.717) is 0 Å². The van der Waals surface area contributed by atoms with Crippen LogP contribution in [0.3, 0.4) is 0 Å². The molecule has 73 heavy (non-hydrogen) atoms. The van der Waals surface area contributed by atoms with E-state index in [1.165, 1.54) is 55.6 Å². The molecule has 2 aliphatic rings. The van der Waals surface area contributed by atoms with E-state index in [1.807, 2.05) is 6.07 Å². The summed E-state index contributed by atoms with van der Waals surface area (Å²) in [6.45, 7) is 4.71. The molecule has 1 aromatic heterocycles. The lowest BCUT2D eigenvalue weighted by atomic mass is 9.67. The van der Waals surface area contributed by atoms with Crippen LogP contribution in [-0.4, -0.2) is 0 Å². The molecule has 2 aliphatic carbocycles. The molecule has 0 saturated carbocycles. The molecule has 0 amide bonds. The van der Waals surface area contributed by atoms with Gasteiger partial charge in [-0.15, -0.1) is 0 Å². The van der Waals surface area contributed by atoms with Crippen molar-refractivity contribution in [2.75, 3.05) is 9.80 Å². The van der Waals surface area contributed by atoms with Gasteiger partial charge in [0.2, 0.25) is 0 Å². The van der Waals surface area contributed by atoms with E-state index >= 15 is 0 Å². The molecule has 12 aromatic rings. The van der Waals surface area contributed by atoms with Crippen LogP contribution in [0.15, 0.2) is 271 Å². The molecular formula is C70H50N2O. The van der Waals surface area contributed by atoms with Crippen molar-refractivity contribution in [2.45, 2.75) is 24.7 Å². The predicted octanol–water partition coefficient (Wildman–Crippen LogP) is 18.9. The molecule has 0 radical (unpaired) electrons. The number of hydrogen-bond donors (Lipinski definition) is 0. The lowest BCUT2D eigenvalue weighted by Crippen LogP contribution is -2.28. The summed E-state index contributed by atoms with van der Waals surface area (Å²) in [7, 11) is 0. The first-order chi connectivity index (χ1) is 36.0. The maximum atomic E-state index is 6.59. The van der Waals surface area contributed by atoms with Crippen LogP contribution in [0, 0.1) is 0 Å². The summed E-state index contributed by atoms with van der Waals surface area (Å²) in [5.41, 5.74) is 22.4. The monoisotopic (exact) mass is 934 g/mol. The van der Waals surface area contributed by atoms with Crippen LogP contribution in [0.5, 0.6) is 0 Å². The molecule has 0 aliphatic heterocycles. The Morgan fingerprint density at radius 3 is 1.53 bits per heavy atom. The van der Waals surface area contributed by atoms with Crippen LogP contribution in [-0.2, 0) is 10.8 Å². The van der Waals surface area contributed by atoms with Gasteiger partial charge in [0.25, 0.3) is 0 Å². The molecule has 3 heteroatoms. The van der Waals surface area contributed by atoms with Crippen molar-refractivity contribution in [3.63, 3.8) is 0 Å². The second-order valence-electron chi connectivity index (χ2n) is 20.0. The quantitative estimate of drug-likeness (QED) is 0.144. The molecule has 0 bridgehead atoms. The average molecular weight is 935 g/mol. The summed E-state index contributed by atoms with van der Waals surface area (Å²) >= 11 is 0. The van der Waals surface area contributed by atoms with Crippen LogP contribution in [0.2, 0.25) is 0 Å². The van der Waals surface area contributed by atoms with E-state index < -0.39 is 5.41 Å². The number of nitrogens with zero attached hydrogens (tertiary/aromatic N) is 2. The van der Waals surface area contributed by atoms with E-state index in [2.05, 4.69) is 285 Å². The SMILES string of the molecule is CC1(C)c2ccccc2-c2cc(N(c3cccc(N(c4ccc5c(c4)oc4ccccc45)c4ccccc4-c4ccccc4)c3)c3cccc(C4(c5ccccc5)c5ccccc5-c5ccccc54)c3)ccc21. The minimum absolute atomic E-state index is 0.131. The highest BCUT2D eigenvalue weighted by atomic mass is 16.3. The molecule has 346 valence electrons. The number of para-hydroxylation sites is 2. The molecule has 0 fully saturated rings. The van der Waals surface area contributed by atoms with E-state index in [9.17, 15) is 0 Å². The topological polar surface area (TPSA) is 19.6 Å². The van der Waals surface area contributed by atoms with Gasteiger partial charge in [-0.05, 0) is 128 Å². The van der Waals surface area contributed by atoms with Crippen LogP contribution in [0.25, 0.3) is 55.3 Å². The second-order valence-corrected chi connectivity index (χ2v) is 20.0. The minimum atomic E-state index is -0.563. The van der Waals surface area contributed by atoms with Crippen LogP contribution < -0.4 is 9.80 Å². The Bertz CT molecular complexity index is 4050. The number of fused-ring (bicyclic) bond motifs is 9. The number of furan rings is 1. The number of rotatable bonds is 9. The first kappa shape index (κ1) is 42.7. The molecule has 3 nitrogen and oxygen atoms in total. The Morgan fingerprint density at radius 2 is 0.795 bits per heavy atom. The fourth-order valence-electron chi connectivity index (χ4n) is 12.5. The fraction of sp³-hybridized carbons (Fsp3) is 0.0571. The van der Waals surface area contributed by atoms with Crippen molar-refractivity contribution in [1.82, 2.24) is 0 Å². The maximum absolute atomic E-state index is 6.59. The van der Waals surface area contributed by atoms with Gasteiger partial charge < -0.3 is 14.2 Å². The summed E-state index contributed by atoms with van der Waals surface area (Å²) in [5, 5.41) is 2.21. The summed E-state index contributed by atoms with van der Waals surface area (Å²) in [5.74, 6) is 0. The first-order valence-corrected chi connectivity index (χ1v) is 25.3. The van der Waals surface area contributed by atoms with Crippen molar-refractivity contribution in [2.24, 2.45) is 0 Å². The van der Waals surface area contributed by atoms with Crippen LogP contribution >= 0.6 is 0 Å². The van der Waals surface area contributed by atoms with Gasteiger partial charge in [-0.2, -0.15) is 0 Å². The Morgan fingerprint density at radius 1 is 0.301 bits per heavy atom. The highest BCUT2D eigenvalue weighted by Crippen LogP contribution is 2.57. The zero-order valence-electron chi connectivity index (χ0n) is 40.7. The van der Waals surface area contributed by atoms with E-state index in [-0.39, 0.29) is 5.41 Å². The van der Waals surface area contributed by atoms with Crippen LogP contribution in [0.4, 0.5) is 34.1 Å². The third kappa shape index (κ3) is 6.59. The van der Waals surface area contributed by atoms with Gasteiger partial charge in [0, 0.05) is 56.3 Å². The van der Waals surface area contributed by atoms with Gasteiger partial charge in [-0.1, -0.05) is 208 Å². The Balaban J connectivity index is 1.01. The molecular weight excluding hydrogens is 885 g/mol. The minimum Gasteiger partial charge on any atom is -0.456 e. The second kappa shape index (κ2) is 16.7. The largest absolute Gasteiger partial charge is 0.456 e. The molecule has 1 heterocycles. The maximum Gasteiger partial charge on any atom is 0.137 e. The normalized spacial score (nSPS) is 13.6. The highest BCUT2D eigenvalue weighted by Gasteiger charge is 2.46. The summed E-state index contributed by atoms with van der Waals surface area (Å²) < 4.78 is 6.59. The van der Waals surface area contributed by atoms with Crippen molar-refractivity contribution in [1.29, 1.82) is 0 Å². The molecule has 11 aromatic carbocycles. The molecule has 0 saturated heterocycles. The highest BCUT2D eigenvalue weighted by molar-refractivity contribution is 6.06. The molecule has 0 unspecified atom stereocenters. The Labute approximate surface area is 426 Å². The Kier molecular flexibility index (Phi) is 9.78. The van der Waals surface area contributed by atoms with Gasteiger partial charge >= 0.3 is 0 Å². The zero-order chi connectivity index (χ0) is 48.7. The summed E-state index contributed by atoms with van der Waals surface area (Å²) in [6, 6.07) is 97.9. The van der Waals surface area contributed by atoms with E-state index in [1.54, 1.807) is 0 Å². The van der Waals surface area contributed by atoms with Gasteiger partial charge in [0.15, 0.2) is 0 Å². The van der Waals surface area contributed by atoms with Gasteiger partial charge in [0.1, 0.15) is 11.2 Å². The molecule has 0 N–H and O–H groups in total. The summed E-state index contributed by atoms with van der Waals surface area (Å²) in [6.07, 6.45) is 0. The third-order valence-electron chi connectivity index (χ3n) is 15.7. The van der Waals surface area contributed by atoms with Gasteiger partial charge in [-0.25, -0.2) is 0 Å². The fourth-order valence-corrected chi connectivity index (χ4v) is 12.5. The van der Waals surface area contributed by atoms with E-state index in [4.69, 9.17) is 4.42 Å². The molecule has 14 rings (SSSR count). The molecule has 0 spiro atoms. The van der Waals surface area contributed by atoms with Crippen molar-refractivity contribution >= 4 is 56.1 Å². The summed E-state index contributed by atoms with van der Waals surface area (Å²) in [4.78, 5) is 4.86. The van der Waals surface area contributed by atoms with Crippen molar-refractivity contribution < 1.29 is 4.42 Å².